The van der Waals surface area contributed by atoms with Crippen molar-refractivity contribution in [2.75, 3.05) is 25.0 Å². The largest absolute Gasteiger partial charge is 0.508 e. The molecule has 43 heavy (non-hydrogen) atoms. The lowest BCUT2D eigenvalue weighted by Gasteiger charge is -2.29. The zero-order chi connectivity index (χ0) is 31.1. The summed E-state index contributed by atoms with van der Waals surface area (Å²) in [5.74, 6) is -2.45. The summed E-state index contributed by atoms with van der Waals surface area (Å²) < 4.78 is 0. The van der Waals surface area contributed by atoms with E-state index in [0.29, 0.717) is 24.3 Å². The molecule has 4 rings (SSSR count). The first-order valence-electron chi connectivity index (χ1n) is 13.8. The number of carboxylic acids is 1. The number of nitrogens with one attached hydrogen (secondary N) is 5. The third-order valence-corrected chi connectivity index (χ3v) is 6.85. The summed E-state index contributed by atoms with van der Waals surface area (Å²) in [6.45, 7) is 6.43. The van der Waals surface area contributed by atoms with Gasteiger partial charge >= 0.3 is 5.97 Å². The molecule has 8 N–H and O–H groups in total. The smallest absolute Gasteiger partial charge is 0.305 e. The van der Waals surface area contributed by atoms with Crippen LogP contribution in [0.4, 0.5) is 5.69 Å². The van der Waals surface area contributed by atoms with Crippen molar-refractivity contribution in [3.63, 3.8) is 0 Å². The van der Waals surface area contributed by atoms with Crippen molar-refractivity contribution in [2.45, 2.75) is 51.0 Å². The first kappa shape index (κ1) is 31.3. The number of carboxylic acid groups (broad SMARTS) is 1. The van der Waals surface area contributed by atoms with E-state index in [0.717, 1.165) is 16.7 Å². The molecule has 13 heteroatoms. The van der Waals surface area contributed by atoms with E-state index < -0.39 is 36.5 Å². The topological polar surface area (TPSA) is 198 Å². The maximum absolute atomic E-state index is 13.0. The van der Waals surface area contributed by atoms with Gasteiger partial charge in [0.05, 0.1) is 25.1 Å². The van der Waals surface area contributed by atoms with E-state index in [1.807, 2.05) is 32.9 Å². The predicted octanol–water partition coefficient (Wildman–Crippen LogP) is 1.46. The van der Waals surface area contributed by atoms with Crippen molar-refractivity contribution in [2.24, 2.45) is 0 Å². The van der Waals surface area contributed by atoms with Crippen LogP contribution in [-0.2, 0) is 15.0 Å². The Kier molecular flexibility index (Phi) is 9.91. The number of phenolic OH excluding ortho intramolecular Hbond substituents is 1. The van der Waals surface area contributed by atoms with E-state index in [1.54, 1.807) is 18.5 Å². The van der Waals surface area contributed by atoms with E-state index in [4.69, 9.17) is 0 Å². The van der Waals surface area contributed by atoms with Crippen molar-refractivity contribution in [3.8, 4) is 16.9 Å². The van der Waals surface area contributed by atoms with Crippen molar-refractivity contribution in [1.29, 1.82) is 0 Å². The Morgan fingerprint density at radius 2 is 1.70 bits per heavy atom. The summed E-state index contributed by atoms with van der Waals surface area (Å²) in [7, 11) is 0. The molecule has 1 aromatic heterocycles. The van der Waals surface area contributed by atoms with Gasteiger partial charge in [0.15, 0.2) is 0 Å². The number of aliphatic hydroxyl groups is 1. The molecule has 2 amide bonds. The minimum absolute atomic E-state index is 0.112. The van der Waals surface area contributed by atoms with E-state index in [2.05, 4.69) is 36.6 Å². The highest BCUT2D eigenvalue weighted by Gasteiger charge is 2.24. The molecule has 1 atom stereocenters. The average molecular weight is 592 g/mol. The highest BCUT2D eigenvalue weighted by Crippen LogP contribution is 2.32. The number of aliphatic carboxylic acids is 1. The van der Waals surface area contributed by atoms with Gasteiger partial charge in [-0.1, -0.05) is 32.9 Å². The molecule has 1 fully saturated rings. The number of hydrogen-bond donors (Lipinski definition) is 8. The maximum atomic E-state index is 13.0. The van der Waals surface area contributed by atoms with Crippen LogP contribution in [0.1, 0.15) is 54.7 Å². The van der Waals surface area contributed by atoms with Crippen LogP contribution in [0.15, 0.2) is 55.1 Å². The molecule has 13 nitrogen and oxygen atoms in total. The number of phenols is 1. The summed E-state index contributed by atoms with van der Waals surface area (Å²) in [6, 6.07) is 9.01. The fourth-order valence-corrected chi connectivity index (χ4v) is 4.58. The van der Waals surface area contributed by atoms with Crippen molar-refractivity contribution >= 4 is 23.5 Å². The molecule has 2 aromatic carbocycles. The zero-order valence-electron chi connectivity index (χ0n) is 24.2. The number of rotatable bonds is 10. The van der Waals surface area contributed by atoms with E-state index >= 15 is 0 Å². The number of carbonyl (C=O) groups is 3. The molecular formula is C30H37N7O6. The highest BCUT2D eigenvalue weighted by atomic mass is 16.4. The number of benzene rings is 2. The fourth-order valence-electron chi connectivity index (χ4n) is 4.58. The van der Waals surface area contributed by atoms with Crippen molar-refractivity contribution < 1.29 is 29.7 Å². The lowest BCUT2D eigenvalue weighted by atomic mass is 9.83. The van der Waals surface area contributed by atoms with Crippen LogP contribution in [-0.4, -0.2) is 75.1 Å². The number of β-amino-alcohol motifs (C(OH)–C–C–N with tert-alkyl or cyclic N) is 1. The van der Waals surface area contributed by atoms with Gasteiger partial charge in [-0.05, 0) is 40.3 Å². The van der Waals surface area contributed by atoms with Gasteiger partial charge in [-0.15, -0.1) is 0 Å². The molecule has 0 radical (unpaired) electrons. The first-order valence-corrected chi connectivity index (χ1v) is 13.8. The van der Waals surface area contributed by atoms with E-state index in [1.165, 1.54) is 24.5 Å². The molecule has 0 bridgehead atoms. The van der Waals surface area contributed by atoms with E-state index in [-0.39, 0.29) is 29.4 Å². The number of hydrogen-bond acceptors (Lipinski definition) is 10. The van der Waals surface area contributed by atoms with Crippen LogP contribution in [0.25, 0.3) is 11.1 Å². The minimum Gasteiger partial charge on any atom is -0.508 e. The molecule has 1 saturated heterocycles. The molecule has 1 aliphatic rings. The third-order valence-electron chi connectivity index (χ3n) is 6.85. The third kappa shape index (κ3) is 8.95. The van der Waals surface area contributed by atoms with Gasteiger partial charge < -0.3 is 31.3 Å². The number of aromatic nitrogens is 2. The fraction of sp³-hybridized carbons (Fsp3) is 0.367. The van der Waals surface area contributed by atoms with Gasteiger partial charge in [-0.25, -0.2) is 9.97 Å². The molecule has 0 spiro atoms. The Morgan fingerprint density at radius 1 is 1.00 bits per heavy atom. The number of amides is 2. The summed E-state index contributed by atoms with van der Waals surface area (Å²) in [6.07, 6.45) is 3.46. The number of aliphatic hydroxyl groups excluding tert-OH is 1. The lowest BCUT2D eigenvalue weighted by molar-refractivity contribution is -0.137. The Balaban J connectivity index is 1.47. The second kappa shape index (κ2) is 13.6. The highest BCUT2D eigenvalue weighted by molar-refractivity contribution is 5.97. The van der Waals surface area contributed by atoms with Gasteiger partial charge in [0.25, 0.3) is 5.91 Å². The quantitative estimate of drug-likeness (QED) is 0.170. The standard InChI is InChI=1S/C30H37N7O6/c1-30(2,3)21-5-17(20-11-31-16-32-12-20)4-18(6-21)25(10-27(41)42)37-26(40)15-33-28(43)19-7-22(9-23(38)8-19)36-29-34-13-24(39)14-35-29/h4-9,11-12,16,24-25,29,34-36,38-39H,10,13-15H2,1-3H3,(H,33,43)(H,37,40)(H,41,42)/t24?,25-,29?/m0/s1. The van der Waals surface area contributed by atoms with Crippen LogP contribution in [0.2, 0.25) is 0 Å². The van der Waals surface area contributed by atoms with E-state index in [9.17, 15) is 29.7 Å². The van der Waals surface area contributed by atoms with Gasteiger partial charge in [-0.3, -0.25) is 25.0 Å². The average Bonchev–Trinajstić information content (AvgIpc) is 2.96. The summed E-state index contributed by atoms with van der Waals surface area (Å²) in [5.41, 5.74) is 3.33. The number of anilines is 1. The Morgan fingerprint density at radius 3 is 2.35 bits per heavy atom. The van der Waals surface area contributed by atoms with Crippen LogP contribution in [0.3, 0.4) is 0 Å². The van der Waals surface area contributed by atoms with Crippen molar-refractivity contribution in [3.05, 3.63) is 71.8 Å². The SMILES string of the molecule is CC(C)(C)c1cc(-c2cncnc2)cc([C@H](CC(=O)O)NC(=O)CNC(=O)c2cc(O)cc(NC3NCC(O)CN3)c2)c1. The van der Waals surface area contributed by atoms with Gasteiger partial charge in [0, 0.05) is 48.4 Å². The number of carbonyl (C=O) groups excluding carboxylic acids is 2. The number of aromatic hydroxyl groups is 1. The van der Waals surface area contributed by atoms with Gasteiger partial charge in [-0.2, -0.15) is 0 Å². The van der Waals surface area contributed by atoms with Crippen LogP contribution in [0, 0.1) is 0 Å². The van der Waals surface area contributed by atoms with Crippen LogP contribution in [0.5, 0.6) is 5.75 Å². The summed E-state index contributed by atoms with van der Waals surface area (Å²) in [5, 5.41) is 43.8. The Hall–Kier alpha value is -4.59. The summed E-state index contributed by atoms with van der Waals surface area (Å²) in [4.78, 5) is 45.8. The maximum Gasteiger partial charge on any atom is 0.305 e. The molecule has 3 aromatic rings. The molecule has 228 valence electrons. The Labute approximate surface area is 249 Å². The van der Waals surface area contributed by atoms with Crippen LogP contribution >= 0.6 is 0 Å². The second-order valence-electron chi connectivity index (χ2n) is 11.4. The van der Waals surface area contributed by atoms with Crippen molar-refractivity contribution in [1.82, 2.24) is 31.2 Å². The van der Waals surface area contributed by atoms with Crippen LogP contribution < -0.4 is 26.6 Å². The Bertz CT molecular complexity index is 1450. The predicted molar refractivity (Wildman–Crippen MR) is 159 cm³/mol. The summed E-state index contributed by atoms with van der Waals surface area (Å²) >= 11 is 0. The molecule has 0 saturated carbocycles. The van der Waals surface area contributed by atoms with Gasteiger partial charge in [0.1, 0.15) is 18.4 Å². The molecule has 1 aliphatic heterocycles. The molecular weight excluding hydrogens is 554 g/mol. The molecule has 2 heterocycles. The minimum atomic E-state index is -1.10. The normalized spacial score (nSPS) is 17.5. The monoisotopic (exact) mass is 591 g/mol. The first-order chi connectivity index (χ1) is 20.4. The molecule has 0 unspecified atom stereocenters. The second-order valence-corrected chi connectivity index (χ2v) is 11.4. The number of nitrogens with zero attached hydrogens (tertiary/aromatic N) is 2. The molecule has 0 aliphatic carbocycles. The lowest BCUT2D eigenvalue weighted by Crippen LogP contribution is -2.58. The zero-order valence-corrected chi connectivity index (χ0v) is 24.2. The van der Waals surface area contributed by atoms with Gasteiger partial charge in [0.2, 0.25) is 5.91 Å².